The predicted molar refractivity (Wildman–Crippen MR) is 123 cm³/mol. The Kier molecular flexibility index (Phi) is 7.43. The molecule has 0 spiro atoms. The number of hydrogen-bond acceptors (Lipinski definition) is 6. The van der Waals surface area contributed by atoms with Crippen molar-refractivity contribution in [3.05, 3.63) is 60.7 Å². The quantitative estimate of drug-likeness (QED) is 0.424. The van der Waals surface area contributed by atoms with Crippen molar-refractivity contribution in [3.8, 4) is 17.2 Å². The van der Waals surface area contributed by atoms with Crippen LogP contribution in [0.3, 0.4) is 0 Å². The van der Waals surface area contributed by atoms with Gasteiger partial charge in [0.25, 0.3) is 0 Å². The third-order valence-electron chi connectivity index (χ3n) is 5.18. The molecule has 0 unspecified atom stereocenters. The van der Waals surface area contributed by atoms with E-state index in [1.807, 2.05) is 0 Å². The van der Waals surface area contributed by atoms with Crippen molar-refractivity contribution in [2.45, 2.75) is 30.6 Å². The fourth-order valence-corrected chi connectivity index (χ4v) is 4.56. The molecule has 0 bridgehead atoms. The lowest BCUT2D eigenvalue weighted by atomic mass is 10.2. The Morgan fingerprint density at radius 2 is 1.88 bits per heavy atom. The van der Waals surface area contributed by atoms with E-state index in [2.05, 4.69) is 15.1 Å². The summed E-state index contributed by atoms with van der Waals surface area (Å²) in [5.41, 5.74) is 0.660. The topological polar surface area (TPSA) is 112 Å². The highest BCUT2D eigenvalue weighted by Gasteiger charge is 2.19. The van der Waals surface area contributed by atoms with Crippen molar-refractivity contribution in [3.63, 3.8) is 0 Å². The molecule has 0 atom stereocenters. The van der Waals surface area contributed by atoms with Gasteiger partial charge in [0.05, 0.1) is 4.90 Å². The third-order valence-corrected chi connectivity index (χ3v) is 6.64. The van der Waals surface area contributed by atoms with Crippen molar-refractivity contribution in [1.29, 1.82) is 0 Å². The van der Waals surface area contributed by atoms with E-state index in [9.17, 15) is 17.6 Å². The molecule has 0 radical (unpaired) electrons. The van der Waals surface area contributed by atoms with Gasteiger partial charge in [0.2, 0.25) is 15.9 Å². The van der Waals surface area contributed by atoms with E-state index in [1.165, 1.54) is 22.9 Å². The maximum absolute atomic E-state index is 14.3. The van der Waals surface area contributed by atoms with Gasteiger partial charge in [-0.2, -0.15) is 5.10 Å². The van der Waals surface area contributed by atoms with Crippen molar-refractivity contribution < 1.29 is 27.1 Å². The number of hydrogen-bond donors (Lipinski definition) is 2. The minimum Gasteiger partial charge on any atom is -0.486 e. The number of fused-ring (bicyclic) bond motifs is 1. The molecule has 0 aliphatic carbocycles. The number of nitrogens with one attached hydrogen (secondary N) is 2. The average molecular weight is 489 g/mol. The van der Waals surface area contributed by atoms with Gasteiger partial charge in [-0.15, -0.1) is 0 Å². The zero-order valence-corrected chi connectivity index (χ0v) is 19.2. The molecule has 1 aliphatic heterocycles. The predicted octanol–water partition coefficient (Wildman–Crippen LogP) is 3.26. The van der Waals surface area contributed by atoms with Crippen molar-refractivity contribution in [2.24, 2.45) is 0 Å². The Hall–Kier alpha value is -3.44. The number of halogens is 1. The molecule has 0 saturated carbocycles. The first kappa shape index (κ1) is 23.7. The molecular weight excluding hydrogens is 463 g/mol. The first-order chi connectivity index (χ1) is 16.4. The molecule has 4 rings (SSSR count). The van der Waals surface area contributed by atoms with Gasteiger partial charge in [-0.3, -0.25) is 4.79 Å². The molecule has 34 heavy (non-hydrogen) atoms. The van der Waals surface area contributed by atoms with Crippen LogP contribution in [0.2, 0.25) is 0 Å². The number of benzene rings is 2. The van der Waals surface area contributed by atoms with Gasteiger partial charge in [0.15, 0.2) is 17.3 Å². The van der Waals surface area contributed by atoms with E-state index in [1.54, 1.807) is 36.7 Å². The molecular formula is C23H25FN4O5S. The van der Waals surface area contributed by atoms with Crippen LogP contribution in [0.4, 0.5) is 10.1 Å². The molecule has 11 heteroatoms. The Morgan fingerprint density at radius 3 is 2.65 bits per heavy atom. The summed E-state index contributed by atoms with van der Waals surface area (Å²) < 4.78 is 54.0. The van der Waals surface area contributed by atoms with Gasteiger partial charge >= 0.3 is 0 Å². The lowest BCUT2D eigenvalue weighted by Crippen LogP contribution is -2.25. The molecule has 0 saturated heterocycles. The highest BCUT2D eigenvalue weighted by molar-refractivity contribution is 7.89. The van der Waals surface area contributed by atoms with Crippen molar-refractivity contribution in [2.75, 3.05) is 25.1 Å². The number of sulfonamides is 1. The lowest BCUT2D eigenvalue weighted by molar-refractivity contribution is -0.116. The second kappa shape index (κ2) is 10.7. The standard InChI is InChI=1S/C23H25FN4O5S/c24-19-15-17(6-8-20(19)28-12-4-10-25-28)27-23(29)5-2-1-3-11-26-34(30,31)18-7-9-21-22(16-18)33-14-13-32-21/h4,6-10,12,15-16,26H,1-3,5,11,13-14H2,(H,27,29). The van der Waals surface area contributed by atoms with Gasteiger partial charge < -0.3 is 14.8 Å². The molecule has 1 amide bonds. The largest absolute Gasteiger partial charge is 0.486 e. The number of nitrogens with zero attached hydrogens (tertiary/aromatic N) is 2. The van der Waals surface area contributed by atoms with E-state index in [-0.39, 0.29) is 23.8 Å². The van der Waals surface area contributed by atoms with Crippen LogP contribution in [0.15, 0.2) is 59.8 Å². The van der Waals surface area contributed by atoms with Gasteiger partial charge in [-0.1, -0.05) is 6.42 Å². The van der Waals surface area contributed by atoms with E-state index in [4.69, 9.17) is 9.47 Å². The summed E-state index contributed by atoms with van der Waals surface area (Å²) in [5.74, 6) is 0.214. The second-order valence-electron chi connectivity index (χ2n) is 7.68. The van der Waals surface area contributed by atoms with Gasteiger partial charge in [-0.05, 0) is 49.2 Å². The molecule has 180 valence electrons. The molecule has 1 aliphatic rings. The van der Waals surface area contributed by atoms with Crippen LogP contribution in [0.1, 0.15) is 25.7 Å². The molecule has 0 fully saturated rings. The van der Waals surface area contributed by atoms with Crippen LogP contribution in [-0.2, 0) is 14.8 Å². The van der Waals surface area contributed by atoms with E-state index in [0.717, 1.165) is 0 Å². The van der Waals surface area contributed by atoms with Gasteiger partial charge in [-0.25, -0.2) is 22.2 Å². The molecule has 3 aromatic rings. The summed E-state index contributed by atoms with van der Waals surface area (Å²) in [6.45, 7) is 1.06. The SMILES string of the molecule is O=C(CCCCCNS(=O)(=O)c1ccc2c(c1)OCCO2)Nc1ccc(-n2cccn2)c(F)c1. The van der Waals surface area contributed by atoms with Crippen LogP contribution in [0, 0.1) is 5.82 Å². The summed E-state index contributed by atoms with van der Waals surface area (Å²) in [6.07, 6.45) is 5.24. The zero-order chi connectivity index (χ0) is 24.0. The Bertz CT molecular complexity index is 1250. The summed E-state index contributed by atoms with van der Waals surface area (Å²) >= 11 is 0. The first-order valence-electron chi connectivity index (χ1n) is 10.9. The molecule has 2 heterocycles. The van der Waals surface area contributed by atoms with Crippen molar-refractivity contribution in [1.82, 2.24) is 14.5 Å². The number of aromatic nitrogens is 2. The Morgan fingerprint density at radius 1 is 1.06 bits per heavy atom. The maximum atomic E-state index is 14.3. The zero-order valence-electron chi connectivity index (χ0n) is 18.4. The van der Waals surface area contributed by atoms with Crippen LogP contribution < -0.4 is 19.5 Å². The van der Waals surface area contributed by atoms with E-state index >= 15 is 0 Å². The maximum Gasteiger partial charge on any atom is 0.240 e. The summed E-state index contributed by atoms with van der Waals surface area (Å²) in [7, 11) is -3.67. The van der Waals surface area contributed by atoms with Crippen LogP contribution in [0.25, 0.3) is 5.69 Å². The number of carbonyl (C=O) groups excluding carboxylic acids is 1. The summed E-state index contributed by atoms with van der Waals surface area (Å²) in [6, 6.07) is 10.6. The van der Waals surface area contributed by atoms with Crippen LogP contribution in [0.5, 0.6) is 11.5 Å². The smallest absolute Gasteiger partial charge is 0.240 e. The van der Waals surface area contributed by atoms with E-state index in [0.29, 0.717) is 55.4 Å². The number of unbranched alkanes of at least 4 members (excludes halogenated alkanes) is 2. The number of rotatable bonds is 10. The molecule has 1 aromatic heterocycles. The Balaban J connectivity index is 1.17. The normalized spacial score (nSPS) is 13.0. The number of anilines is 1. The first-order valence-corrected chi connectivity index (χ1v) is 12.4. The minimum atomic E-state index is -3.67. The number of amides is 1. The Labute approximate surface area is 196 Å². The van der Waals surface area contributed by atoms with Gasteiger partial charge in [0.1, 0.15) is 18.9 Å². The van der Waals surface area contributed by atoms with Crippen molar-refractivity contribution >= 4 is 21.6 Å². The van der Waals surface area contributed by atoms with Crippen LogP contribution in [-0.4, -0.2) is 43.9 Å². The summed E-state index contributed by atoms with van der Waals surface area (Å²) in [5, 5.41) is 6.66. The highest BCUT2D eigenvalue weighted by atomic mass is 32.2. The molecule has 9 nitrogen and oxygen atoms in total. The second-order valence-corrected chi connectivity index (χ2v) is 9.45. The molecule has 2 aromatic carbocycles. The monoisotopic (exact) mass is 488 g/mol. The van der Waals surface area contributed by atoms with Gasteiger partial charge in [0, 0.05) is 37.1 Å². The minimum absolute atomic E-state index is 0.113. The lowest BCUT2D eigenvalue weighted by Gasteiger charge is -2.18. The molecule has 2 N–H and O–H groups in total. The average Bonchev–Trinajstić information content (AvgIpc) is 3.35. The summed E-state index contributed by atoms with van der Waals surface area (Å²) in [4.78, 5) is 12.3. The number of carbonyl (C=O) groups is 1. The fraction of sp³-hybridized carbons (Fsp3) is 0.304. The van der Waals surface area contributed by atoms with Crippen LogP contribution >= 0.6 is 0 Å². The number of ether oxygens (including phenoxy) is 2. The highest BCUT2D eigenvalue weighted by Crippen LogP contribution is 2.32. The third kappa shape index (κ3) is 5.91. The van der Waals surface area contributed by atoms with E-state index < -0.39 is 15.8 Å². The fourth-order valence-electron chi connectivity index (χ4n) is 3.47.